The minimum atomic E-state index is -0.717. The Morgan fingerprint density at radius 1 is 0.884 bits per heavy atom. The molecule has 0 bridgehead atoms. The molecular formula is C32H25N5O6. The first-order chi connectivity index (χ1) is 20.9. The highest BCUT2D eigenvalue weighted by atomic mass is 16.5. The van der Waals surface area contributed by atoms with Crippen molar-refractivity contribution >= 4 is 34.2 Å². The van der Waals surface area contributed by atoms with Crippen LogP contribution in [0.5, 0.6) is 11.5 Å². The molecular weight excluding hydrogens is 550 g/mol. The number of aromatic nitrogens is 4. The fourth-order valence-electron chi connectivity index (χ4n) is 5.19. The van der Waals surface area contributed by atoms with Crippen molar-refractivity contribution in [2.75, 3.05) is 19.5 Å². The number of hydrogen-bond acceptors (Lipinski definition) is 9. The van der Waals surface area contributed by atoms with E-state index in [4.69, 9.17) is 9.47 Å². The summed E-state index contributed by atoms with van der Waals surface area (Å²) in [6.07, 6.45) is 4.12. The Bertz CT molecular complexity index is 1970. The Labute approximate surface area is 245 Å². The number of carbonyl (C=O) groups is 3. The number of anilines is 1. The average molecular weight is 576 g/mol. The Morgan fingerprint density at radius 3 is 2.37 bits per heavy atom. The highest BCUT2D eigenvalue weighted by molar-refractivity contribution is 6.15. The Hall–Kier alpha value is -5.71. The van der Waals surface area contributed by atoms with Gasteiger partial charge in [0.2, 0.25) is 5.78 Å². The number of ketones is 2. The lowest BCUT2D eigenvalue weighted by molar-refractivity contribution is 0.0970. The zero-order valence-electron chi connectivity index (χ0n) is 23.3. The van der Waals surface area contributed by atoms with E-state index in [1.807, 2.05) is 6.07 Å². The zero-order valence-corrected chi connectivity index (χ0v) is 23.3. The van der Waals surface area contributed by atoms with Gasteiger partial charge in [0.05, 0.1) is 19.7 Å². The molecule has 43 heavy (non-hydrogen) atoms. The number of hydrogen-bond donors (Lipinski definition) is 1. The summed E-state index contributed by atoms with van der Waals surface area (Å²) >= 11 is 0. The first-order valence-electron chi connectivity index (χ1n) is 13.5. The SMILES string of the molecule is COc1cc2ncnc(C(=O)c3ccc(NC(=O)c4cc5c(n(-c6ccccc6)c4=O)CCCC5=O)nc3)c2cc1OC. The molecule has 0 atom stereocenters. The summed E-state index contributed by atoms with van der Waals surface area (Å²) in [7, 11) is 3.00. The van der Waals surface area contributed by atoms with E-state index in [-0.39, 0.29) is 28.4 Å². The van der Waals surface area contributed by atoms with Gasteiger partial charge in [0.15, 0.2) is 17.3 Å². The second-order valence-electron chi connectivity index (χ2n) is 9.83. The van der Waals surface area contributed by atoms with Gasteiger partial charge in [-0.15, -0.1) is 0 Å². The highest BCUT2D eigenvalue weighted by Crippen LogP contribution is 2.32. The first kappa shape index (κ1) is 27.5. The van der Waals surface area contributed by atoms with Crippen LogP contribution in [0, 0.1) is 0 Å². The fraction of sp³-hybridized carbons (Fsp3) is 0.156. The van der Waals surface area contributed by atoms with Gasteiger partial charge in [0, 0.05) is 46.6 Å². The molecule has 1 N–H and O–H groups in total. The molecule has 0 saturated carbocycles. The van der Waals surface area contributed by atoms with Gasteiger partial charge in [-0.25, -0.2) is 15.0 Å². The molecule has 1 aliphatic carbocycles. The van der Waals surface area contributed by atoms with Crippen LogP contribution in [0.3, 0.4) is 0 Å². The predicted molar refractivity (Wildman–Crippen MR) is 158 cm³/mol. The van der Waals surface area contributed by atoms with E-state index < -0.39 is 17.2 Å². The number of nitrogens with one attached hydrogen (secondary N) is 1. The van der Waals surface area contributed by atoms with Crippen LogP contribution in [0.25, 0.3) is 16.6 Å². The average Bonchev–Trinajstić information content (AvgIpc) is 3.04. The maximum atomic E-state index is 13.6. The van der Waals surface area contributed by atoms with Crippen LogP contribution in [-0.4, -0.2) is 51.2 Å². The topological polar surface area (TPSA) is 142 Å². The number of Topliss-reactive ketones (excluding diaryl/α,β-unsaturated/α-hetero) is 1. The van der Waals surface area contributed by atoms with E-state index in [2.05, 4.69) is 20.3 Å². The van der Waals surface area contributed by atoms with Gasteiger partial charge in [-0.3, -0.25) is 23.7 Å². The predicted octanol–water partition coefficient (Wildman–Crippen LogP) is 4.20. The van der Waals surface area contributed by atoms with Gasteiger partial charge in [-0.05, 0) is 49.2 Å². The lowest BCUT2D eigenvalue weighted by Crippen LogP contribution is -2.33. The van der Waals surface area contributed by atoms with Gasteiger partial charge in [0.25, 0.3) is 11.5 Å². The van der Waals surface area contributed by atoms with Gasteiger partial charge in [0.1, 0.15) is 23.4 Å². The molecule has 214 valence electrons. The van der Waals surface area contributed by atoms with Crippen molar-refractivity contribution in [2.24, 2.45) is 0 Å². The smallest absolute Gasteiger partial charge is 0.268 e. The molecule has 11 nitrogen and oxygen atoms in total. The van der Waals surface area contributed by atoms with Crippen molar-refractivity contribution < 1.29 is 23.9 Å². The third kappa shape index (κ3) is 5.01. The molecule has 11 heteroatoms. The number of amides is 1. The standard InChI is InChI=1S/C32H25N5O6/c1-42-26-14-20-23(15-27(26)43-2)34-17-35-29(20)30(39)18-11-12-28(33-16-18)36-31(40)22-13-21-24(9-6-10-25(21)38)37(32(22)41)19-7-4-3-5-8-19/h3-5,7-8,11-17H,6,9-10H2,1-2H3,(H,33,36,40). The van der Waals surface area contributed by atoms with E-state index in [0.717, 1.165) is 0 Å². The van der Waals surface area contributed by atoms with E-state index in [0.29, 0.717) is 58.6 Å². The van der Waals surface area contributed by atoms with E-state index in [9.17, 15) is 19.2 Å². The number of ether oxygens (including phenoxy) is 2. The molecule has 5 aromatic rings. The highest BCUT2D eigenvalue weighted by Gasteiger charge is 2.26. The fourth-order valence-corrected chi connectivity index (χ4v) is 5.19. The Morgan fingerprint density at radius 2 is 1.65 bits per heavy atom. The molecule has 6 rings (SSSR count). The van der Waals surface area contributed by atoms with Gasteiger partial charge in [-0.2, -0.15) is 0 Å². The summed E-state index contributed by atoms with van der Waals surface area (Å²) in [5.74, 6) is -0.239. The molecule has 0 saturated heterocycles. The van der Waals surface area contributed by atoms with Gasteiger partial charge >= 0.3 is 0 Å². The van der Waals surface area contributed by atoms with Gasteiger partial charge < -0.3 is 14.8 Å². The number of pyridine rings is 2. The molecule has 0 spiro atoms. The van der Waals surface area contributed by atoms with Crippen molar-refractivity contribution in [2.45, 2.75) is 19.3 Å². The number of methoxy groups -OCH3 is 2. The van der Waals surface area contributed by atoms with Crippen molar-refractivity contribution in [3.63, 3.8) is 0 Å². The number of carbonyl (C=O) groups excluding carboxylic acids is 3. The number of para-hydroxylation sites is 1. The van der Waals surface area contributed by atoms with E-state index in [1.54, 1.807) is 36.4 Å². The Kier molecular flexibility index (Phi) is 7.21. The summed E-state index contributed by atoms with van der Waals surface area (Å²) in [6, 6.07) is 16.5. The summed E-state index contributed by atoms with van der Waals surface area (Å²) in [5.41, 5.74) is 1.67. The Balaban J connectivity index is 1.30. The summed E-state index contributed by atoms with van der Waals surface area (Å²) in [4.78, 5) is 65.7. The van der Waals surface area contributed by atoms with Crippen LogP contribution in [0.2, 0.25) is 0 Å². The number of fused-ring (bicyclic) bond motifs is 2. The first-order valence-corrected chi connectivity index (χ1v) is 13.5. The summed E-state index contributed by atoms with van der Waals surface area (Å²) in [6.45, 7) is 0. The maximum Gasteiger partial charge on any atom is 0.268 e. The van der Waals surface area contributed by atoms with Crippen molar-refractivity contribution in [3.05, 3.63) is 112 Å². The molecule has 0 unspecified atom stereocenters. The number of benzene rings is 2. The van der Waals surface area contributed by atoms with E-state index >= 15 is 0 Å². The second-order valence-corrected chi connectivity index (χ2v) is 9.83. The van der Waals surface area contributed by atoms with Crippen LogP contribution in [0.1, 0.15) is 55.3 Å². The van der Waals surface area contributed by atoms with Crippen molar-refractivity contribution in [1.82, 2.24) is 19.5 Å². The zero-order chi connectivity index (χ0) is 30.1. The molecule has 2 aromatic carbocycles. The van der Waals surface area contributed by atoms with Crippen LogP contribution in [-0.2, 0) is 6.42 Å². The molecule has 0 aliphatic heterocycles. The van der Waals surface area contributed by atoms with Crippen LogP contribution in [0.4, 0.5) is 5.82 Å². The minimum absolute atomic E-state index is 0.116. The quantitative estimate of drug-likeness (QED) is 0.283. The van der Waals surface area contributed by atoms with E-state index in [1.165, 1.54) is 49.5 Å². The maximum absolute atomic E-state index is 13.6. The van der Waals surface area contributed by atoms with Crippen molar-refractivity contribution in [3.8, 4) is 17.2 Å². The summed E-state index contributed by atoms with van der Waals surface area (Å²) in [5, 5.41) is 3.09. The van der Waals surface area contributed by atoms with Crippen LogP contribution in [0.15, 0.2) is 78.0 Å². The van der Waals surface area contributed by atoms with Crippen molar-refractivity contribution in [1.29, 1.82) is 0 Å². The molecule has 1 amide bonds. The molecule has 3 heterocycles. The normalized spacial score (nSPS) is 12.5. The molecule has 3 aromatic heterocycles. The molecule has 0 radical (unpaired) electrons. The summed E-state index contributed by atoms with van der Waals surface area (Å²) < 4.78 is 12.1. The van der Waals surface area contributed by atoms with Gasteiger partial charge in [-0.1, -0.05) is 18.2 Å². The molecule has 1 aliphatic rings. The lowest BCUT2D eigenvalue weighted by Gasteiger charge is -2.21. The number of nitrogens with zero attached hydrogens (tertiary/aromatic N) is 4. The third-order valence-electron chi connectivity index (χ3n) is 7.30. The van der Waals surface area contributed by atoms with Crippen LogP contribution >= 0.6 is 0 Å². The van der Waals surface area contributed by atoms with Crippen LogP contribution < -0.4 is 20.3 Å². The number of rotatable bonds is 7. The second kappa shape index (κ2) is 11.3. The monoisotopic (exact) mass is 575 g/mol. The third-order valence-corrected chi connectivity index (χ3v) is 7.30. The largest absolute Gasteiger partial charge is 0.493 e. The minimum Gasteiger partial charge on any atom is -0.493 e. The lowest BCUT2D eigenvalue weighted by atomic mass is 9.92. The molecule has 0 fully saturated rings.